The van der Waals surface area contributed by atoms with Crippen molar-refractivity contribution in [3.8, 4) is 0 Å². The molecule has 0 heterocycles. The zero-order valence-electron chi connectivity index (χ0n) is 10.8. The Morgan fingerprint density at radius 3 is 2.85 bits per heavy atom. The molecule has 2 aromatic carbocycles. The lowest BCUT2D eigenvalue weighted by atomic mass is 10.1. The first kappa shape index (κ1) is 13.6. The molecule has 3 rings (SSSR count). The van der Waals surface area contributed by atoms with Crippen LogP contribution in [-0.2, 0) is 13.0 Å². The number of halogens is 2. The second kappa shape index (κ2) is 5.52. The zero-order valence-corrected chi connectivity index (χ0v) is 11.6. The van der Waals surface area contributed by atoms with E-state index in [0.717, 1.165) is 11.1 Å². The summed E-state index contributed by atoms with van der Waals surface area (Å²) in [6.07, 6.45) is 0.219. The van der Waals surface area contributed by atoms with Crippen LogP contribution in [0, 0.1) is 5.82 Å². The molecule has 0 saturated heterocycles. The lowest BCUT2D eigenvalue weighted by Crippen LogP contribution is -2.28. The van der Waals surface area contributed by atoms with E-state index in [1.807, 2.05) is 24.3 Å². The Bertz CT molecular complexity index is 632. The number of nitrogens with one attached hydrogen (secondary N) is 1. The molecular weight excluding hydrogens is 277 g/mol. The van der Waals surface area contributed by atoms with Crippen LogP contribution >= 0.6 is 11.6 Å². The monoisotopic (exact) mass is 291 g/mol. The van der Waals surface area contributed by atoms with Crippen LogP contribution in [0.1, 0.15) is 22.7 Å². The van der Waals surface area contributed by atoms with Crippen LogP contribution in [0.4, 0.5) is 4.39 Å². The number of aliphatic hydroxyl groups excluding tert-OH is 1. The molecule has 1 aliphatic carbocycles. The molecule has 0 spiro atoms. The van der Waals surface area contributed by atoms with Crippen LogP contribution < -0.4 is 5.32 Å². The first-order valence-corrected chi connectivity index (χ1v) is 6.96. The molecule has 0 aromatic heterocycles. The topological polar surface area (TPSA) is 32.3 Å². The van der Waals surface area contributed by atoms with Crippen molar-refractivity contribution in [2.24, 2.45) is 0 Å². The summed E-state index contributed by atoms with van der Waals surface area (Å²) in [5.74, 6) is -0.343. The van der Waals surface area contributed by atoms with Gasteiger partial charge in [0.2, 0.25) is 0 Å². The van der Waals surface area contributed by atoms with Gasteiger partial charge in [-0.25, -0.2) is 4.39 Å². The van der Waals surface area contributed by atoms with Crippen molar-refractivity contribution in [1.82, 2.24) is 5.32 Å². The standard InChI is InChI=1S/C16H15ClFNO/c17-14-8-12(18)6-5-11(14)9-19-16-13-4-2-1-3-10(13)7-15(16)20/h1-6,8,15-16,19-20H,7,9H2/t15-,16+/m0/s1. The van der Waals surface area contributed by atoms with Gasteiger partial charge in [0.05, 0.1) is 12.1 Å². The predicted molar refractivity (Wildman–Crippen MR) is 77.1 cm³/mol. The van der Waals surface area contributed by atoms with E-state index >= 15 is 0 Å². The molecule has 0 unspecified atom stereocenters. The van der Waals surface area contributed by atoms with Gasteiger partial charge in [-0.3, -0.25) is 0 Å². The second-order valence-electron chi connectivity index (χ2n) is 5.06. The third kappa shape index (κ3) is 2.57. The van der Waals surface area contributed by atoms with Crippen molar-refractivity contribution in [3.05, 3.63) is 70.0 Å². The average molecular weight is 292 g/mol. The van der Waals surface area contributed by atoms with Crippen molar-refractivity contribution in [2.45, 2.75) is 25.1 Å². The smallest absolute Gasteiger partial charge is 0.124 e. The van der Waals surface area contributed by atoms with Gasteiger partial charge in [0.1, 0.15) is 5.82 Å². The quantitative estimate of drug-likeness (QED) is 0.910. The van der Waals surface area contributed by atoms with Crippen molar-refractivity contribution in [3.63, 3.8) is 0 Å². The minimum Gasteiger partial charge on any atom is -0.391 e. The molecule has 2 nitrogen and oxygen atoms in total. The molecule has 0 amide bonds. The fraction of sp³-hybridized carbons (Fsp3) is 0.250. The molecule has 2 N–H and O–H groups in total. The number of fused-ring (bicyclic) bond motifs is 1. The maximum Gasteiger partial charge on any atom is 0.124 e. The van der Waals surface area contributed by atoms with Crippen molar-refractivity contribution >= 4 is 11.6 Å². The van der Waals surface area contributed by atoms with E-state index in [-0.39, 0.29) is 11.9 Å². The first-order chi connectivity index (χ1) is 9.65. The van der Waals surface area contributed by atoms with E-state index in [9.17, 15) is 9.50 Å². The summed E-state index contributed by atoms with van der Waals surface area (Å²) in [7, 11) is 0. The number of benzene rings is 2. The summed E-state index contributed by atoms with van der Waals surface area (Å²) < 4.78 is 13.0. The molecule has 0 aliphatic heterocycles. The Morgan fingerprint density at radius 2 is 2.05 bits per heavy atom. The summed E-state index contributed by atoms with van der Waals surface area (Å²) in [6.45, 7) is 0.495. The lowest BCUT2D eigenvalue weighted by molar-refractivity contribution is 0.140. The molecular formula is C16H15ClFNO. The number of rotatable bonds is 3. The molecule has 0 radical (unpaired) electrons. The van der Waals surface area contributed by atoms with E-state index in [0.29, 0.717) is 18.0 Å². The molecule has 0 saturated carbocycles. The predicted octanol–water partition coefficient (Wildman–Crippen LogP) is 3.23. The van der Waals surface area contributed by atoms with Gasteiger partial charge in [-0.15, -0.1) is 0 Å². The fourth-order valence-electron chi connectivity index (χ4n) is 2.70. The summed E-state index contributed by atoms with van der Waals surface area (Å²) in [4.78, 5) is 0. The van der Waals surface area contributed by atoms with Gasteiger partial charge < -0.3 is 10.4 Å². The highest BCUT2D eigenvalue weighted by Crippen LogP contribution is 2.31. The molecule has 1 aliphatic rings. The fourth-order valence-corrected chi connectivity index (χ4v) is 2.94. The van der Waals surface area contributed by atoms with Gasteiger partial charge in [0.25, 0.3) is 0 Å². The summed E-state index contributed by atoms with van der Waals surface area (Å²) >= 11 is 6.01. The van der Waals surface area contributed by atoms with Gasteiger partial charge in [0, 0.05) is 18.0 Å². The zero-order chi connectivity index (χ0) is 14.1. The Balaban J connectivity index is 1.75. The lowest BCUT2D eigenvalue weighted by Gasteiger charge is -2.18. The third-order valence-electron chi connectivity index (χ3n) is 3.73. The SMILES string of the molecule is O[C@H]1Cc2ccccc2[C@H]1NCc1ccc(F)cc1Cl. The molecule has 0 bridgehead atoms. The van der Waals surface area contributed by atoms with Crippen LogP contribution in [0.5, 0.6) is 0 Å². The molecule has 4 heteroatoms. The highest BCUT2D eigenvalue weighted by atomic mass is 35.5. The van der Waals surface area contributed by atoms with Crippen molar-refractivity contribution in [2.75, 3.05) is 0 Å². The van der Waals surface area contributed by atoms with Gasteiger partial charge >= 0.3 is 0 Å². The maximum atomic E-state index is 13.0. The highest BCUT2D eigenvalue weighted by Gasteiger charge is 2.30. The minimum atomic E-state index is -0.438. The number of hydrogen-bond donors (Lipinski definition) is 2. The van der Waals surface area contributed by atoms with E-state index < -0.39 is 6.10 Å². The van der Waals surface area contributed by atoms with E-state index in [1.165, 1.54) is 17.7 Å². The van der Waals surface area contributed by atoms with Crippen LogP contribution in [0.25, 0.3) is 0 Å². The van der Waals surface area contributed by atoms with Gasteiger partial charge in [-0.2, -0.15) is 0 Å². The normalized spacial score (nSPS) is 20.9. The Kier molecular flexibility index (Phi) is 3.74. The van der Waals surface area contributed by atoms with E-state index in [1.54, 1.807) is 6.07 Å². The maximum absolute atomic E-state index is 13.0. The minimum absolute atomic E-state index is 0.104. The second-order valence-corrected chi connectivity index (χ2v) is 5.47. The van der Waals surface area contributed by atoms with Crippen LogP contribution in [0.15, 0.2) is 42.5 Å². The Labute approximate surface area is 122 Å². The van der Waals surface area contributed by atoms with Gasteiger partial charge in [0.15, 0.2) is 0 Å². The molecule has 104 valence electrons. The van der Waals surface area contributed by atoms with E-state index in [4.69, 9.17) is 11.6 Å². The molecule has 20 heavy (non-hydrogen) atoms. The molecule has 2 atom stereocenters. The van der Waals surface area contributed by atoms with Crippen molar-refractivity contribution in [1.29, 1.82) is 0 Å². The van der Waals surface area contributed by atoms with Gasteiger partial charge in [-0.05, 0) is 28.8 Å². The first-order valence-electron chi connectivity index (χ1n) is 6.58. The highest BCUT2D eigenvalue weighted by molar-refractivity contribution is 6.31. The summed E-state index contributed by atoms with van der Waals surface area (Å²) in [5.41, 5.74) is 3.12. The number of hydrogen-bond acceptors (Lipinski definition) is 2. The largest absolute Gasteiger partial charge is 0.391 e. The summed E-state index contributed by atoms with van der Waals surface area (Å²) in [5, 5.41) is 13.9. The van der Waals surface area contributed by atoms with Crippen LogP contribution in [0.2, 0.25) is 5.02 Å². The van der Waals surface area contributed by atoms with Crippen LogP contribution in [-0.4, -0.2) is 11.2 Å². The van der Waals surface area contributed by atoms with Gasteiger partial charge in [-0.1, -0.05) is 41.9 Å². The van der Waals surface area contributed by atoms with Crippen molar-refractivity contribution < 1.29 is 9.50 Å². The third-order valence-corrected chi connectivity index (χ3v) is 4.08. The average Bonchev–Trinajstić information content (AvgIpc) is 2.74. The summed E-state index contributed by atoms with van der Waals surface area (Å²) in [6, 6.07) is 12.3. The Morgan fingerprint density at radius 1 is 1.25 bits per heavy atom. The number of aliphatic hydroxyl groups is 1. The molecule has 2 aromatic rings. The van der Waals surface area contributed by atoms with E-state index in [2.05, 4.69) is 5.32 Å². The van der Waals surface area contributed by atoms with Crippen LogP contribution in [0.3, 0.4) is 0 Å². The Hall–Kier alpha value is -1.42. The molecule has 0 fully saturated rings.